The molecule has 2 rings (SSSR count). The van der Waals surface area contributed by atoms with Gasteiger partial charge in [0.05, 0.1) is 5.02 Å². The maximum atomic E-state index is 6.00. The van der Waals surface area contributed by atoms with Crippen molar-refractivity contribution < 1.29 is 0 Å². The van der Waals surface area contributed by atoms with Crippen LogP contribution in [-0.2, 0) is 6.54 Å². The lowest BCUT2D eigenvalue weighted by atomic mass is 9.84. The van der Waals surface area contributed by atoms with Crippen molar-refractivity contribution in [3.8, 4) is 0 Å². The fourth-order valence-corrected chi connectivity index (χ4v) is 3.27. The Hall–Kier alpha value is -0.0500. The Balaban J connectivity index is 1.84. The predicted octanol–water partition coefficient (Wildman–Crippen LogP) is 5.16. The van der Waals surface area contributed by atoms with Crippen molar-refractivity contribution >= 4 is 27.5 Å². The molecule has 1 saturated carbocycles. The summed E-state index contributed by atoms with van der Waals surface area (Å²) in [4.78, 5) is 0. The molecule has 1 fully saturated rings. The van der Waals surface area contributed by atoms with E-state index in [0.717, 1.165) is 22.0 Å². The van der Waals surface area contributed by atoms with Crippen LogP contribution in [0.1, 0.15) is 44.6 Å². The molecule has 0 saturated heterocycles. The van der Waals surface area contributed by atoms with E-state index in [9.17, 15) is 0 Å². The Morgan fingerprint density at radius 1 is 1.33 bits per heavy atom. The number of hydrogen-bond donors (Lipinski definition) is 1. The quantitative estimate of drug-likeness (QED) is 0.804. The molecule has 1 N–H and O–H groups in total. The summed E-state index contributed by atoms with van der Waals surface area (Å²) in [5, 5.41) is 4.43. The average Bonchev–Trinajstić information content (AvgIpc) is 2.41. The van der Waals surface area contributed by atoms with E-state index in [1.54, 1.807) is 0 Å². The summed E-state index contributed by atoms with van der Waals surface area (Å²) in [6, 6.07) is 6.75. The highest BCUT2D eigenvalue weighted by Gasteiger charge is 2.19. The van der Waals surface area contributed by atoms with Gasteiger partial charge < -0.3 is 5.32 Å². The summed E-state index contributed by atoms with van der Waals surface area (Å²) >= 11 is 9.47. The van der Waals surface area contributed by atoms with Gasteiger partial charge in [-0.1, -0.05) is 36.9 Å². The molecule has 1 unspecified atom stereocenters. The van der Waals surface area contributed by atoms with E-state index in [0.29, 0.717) is 6.04 Å². The van der Waals surface area contributed by atoms with E-state index in [-0.39, 0.29) is 0 Å². The largest absolute Gasteiger partial charge is 0.310 e. The van der Waals surface area contributed by atoms with Crippen molar-refractivity contribution in [1.82, 2.24) is 5.32 Å². The molecule has 100 valence electrons. The number of hydrogen-bond acceptors (Lipinski definition) is 1. The van der Waals surface area contributed by atoms with Gasteiger partial charge in [0.1, 0.15) is 0 Å². The summed E-state index contributed by atoms with van der Waals surface area (Å²) in [7, 11) is 0. The molecular weight excluding hydrogens is 310 g/mol. The first-order valence-electron chi connectivity index (χ1n) is 6.84. The van der Waals surface area contributed by atoms with Crippen LogP contribution < -0.4 is 5.32 Å². The third kappa shape index (κ3) is 3.97. The van der Waals surface area contributed by atoms with Gasteiger partial charge in [-0.15, -0.1) is 0 Å². The molecule has 18 heavy (non-hydrogen) atoms. The highest BCUT2D eigenvalue weighted by Crippen LogP contribution is 2.27. The minimum atomic E-state index is 0.611. The fourth-order valence-electron chi connectivity index (χ4n) is 2.73. The van der Waals surface area contributed by atoms with Gasteiger partial charge in [0, 0.05) is 17.1 Å². The third-order valence-electron chi connectivity index (χ3n) is 3.97. The van der Waals surface area contributed by atoms with E-state index >= 15 is 0 Å². The Morgan fingerprint density at radius 3 is 2.72 bits per heavy atom. The Bertz CT molecular complexity index is 388. The standard InChI is InChI=1S/C15H21BrClN/c1-11(13-5-3-2-4-6-13)18-10-12-7-8-15(17)14(16)9-12/h7-9,11,13,18H,2-6,10H2,1H3. The first-order valence-corrected chi connectivity index (χ1v) is 8.01. The zero-order chi connectivity index (χ0) is 13.0. The van der Waals surface area contributed by atoms with Gasteiger partial charge in [-0.3, -0.25) is 0 Å². The van der Waals surface area contributed by atoms with Crippen LogP contribution in [0.15, 0.2) is 22.7 Å². The van der Waals surface area contributed by atoms with Crippen molar-refractivity contribution in [2.75, 3.05) is 0 Å². The first kappa shape index (κ1) is 14.4. The van der Waals surface area contributed by atoms with Crippen LogP contribution in [-0.4, -0.2) is 6.04 Å². The molecule has 1 aromatic carbocycles. The van der Waals surface area contributed by atoms with Gasteiger partial charge >= 0.3 is 0 Å². The van der Waals surface area contributed by atoms with Gasteiger partial charge in [0.2, 0.25) is 0 Å². The lowest BCUT2D eigenvalue weighted by molar-refractivity contribution is 0.280. The van der Waals surface area contributed by atoms with Gasteiger partial charge in [-0.25, -0.2) is 0 Å². The van der Waals surface area contributed by atoms with Crippen molar-refractivity contribution in [2.45, 2.75) is 51.6 Å². The van der Waals surface area contributed by atoms with E-state index in [4.69, 9.17) is 11.6 Å². The Kier molecular flexibility index (Phi) is 5.53. The third-order valence-corrected chi connectivity index (χ3v) is 5.18. The van der Waals surface area contributed by atoms with Gasteiger partial charge in [-0.05, 0) is 59.3 Å². The maximum absolute atomic E-state index is 6.00. The van der Waals surface area contributed by atoms with Crippen LogP contribution >= 0.6 is 27.5 Å². The van der Waals surface area contributed by atoms with Crippen LogP contribution in [0.4, 0.5) is 0 Å². The molecule has 3 heteroatoms. The molecule has 1 aliphatic carbocycles. The molecule has 0 bridgehead atoms. The van der Waals surface area contributed by atoms with E-state index < -0.39 is 0 Å². The molecule has 1 aromatic rings. The molecule has 1 nitrogen and oxygen atoms in total. The monoisotopic (exact) mass is 329 g/mol. The summed E-state index contributed by atoms with van der Waals surface area (Å²) in [6.45, 7) is 3.24. The molecule has 0 spiro atoms. The lowest BCUT2D eigenvalue weighted by Crippen LogP contribution is -2.34. The molecule has 1 aliphatic rings. The Labute approximate surface area is 123 Å². The molecule has 0 heterocycles. The fraction of sp³-hybridized carbons (Fsp3) is 0.600. The van der Waals surface area contributed by atoms with Gasteiger partial charge in [0.15, 0.2) is 0 Å². The van der Waals surface area contributed by atoms with Crippen molar-refractivity contribution in [3.63, 3.8) is 0 Å². The van der Waals surface area contributed by atoms with Crippen molar-refractivity contribution in [2.24, 2.45) is 5.92 Å². The van der Waals surface area contributed by atoms with E-state index in [1.807, 2.05) is 6.07 Å². The van der Waals surface area contributed by atoms with Crippen LogP contribution in [0.2, 0.25) is 5.02 Å². The summed E-state index contributed by atoms with van der Waals surface area (Å²) in [6.07, 6.45) is 7.01. The van der Waals surface area contributed by atoms with E-state index in [1.165, 1.54) is 37.7 Å². The van der Waals surface area contributed by atoms with Crippen molar-refractivity contribution in [3.05, 3.63) is 33.3 Å². The predicted molar refractivity (Wildman–Crippen MR) is 82.0 cm³/mol. The van der Waals surface area contributed by atoms with Crippen LogP contribution in [0, 0.1) is 5.92 Å². The highest BCUT2D eigenvalue weighted by molar-refractivity contribution is 9.10. The molecule has 1 atom stereocenters. The van der Waals surface area contributed by atoms with Crippen LogP contribution in [0.3, 0.4) is 0 Å². The first-order chi connectivity index (χ1) is 8.66. The number of halogens is 2. The Morgan fingerprint density at radius 2 is 2.06 bits per heavy atom. The molecular formula is C15H21BrClN. The summed E-state index contributed by atoms with van der Waals surface area (Å²) < 4.78 is 0.980. The minimum absolute atomic E-state index is 0.611. The SMILES string of the molecule is CC(NCc1ccc(Cl)c(Br)c1)C1CCCCC1. The molecule has 0 aliphatic heterocycles. The van der Waals surface area contributed by atoms with Gasteiger partial charge in [0.25, 0.3) is 0 Å². The zero-order valence-electron chi connectivity index (χ0n) is 10.9. The maximum Gasteiger partial charge on any atom is 0.0548 e. The van der Waals surface area contributed by atoms with Crippen LogP contribution in [0.5, 0.6) is 0 Å². The number of nitrogens with one attached hydrogen (secondary N) is 1. The molecule has 0 aromatic heterocycles. The number of benzene rings is 1. The second-order valence-electron chi connectivity index (χ2n) is 5.32. The molecule has 0 amide bonds. The van der Waals surface area contributed by atoms with Gasteiger partial charge in [-0.2, -0.15) is 0 Å². The van der Waals surface area contributed by atoms with Crippen molar-refractivity contribution in [1.29, 1.82) is 0 Å². The average molecular weight is 331 g/mol. The zero-order valence-corrected chi connectivity index (χ0v) is 13.2. The summed E-state index contributed by atoms with van der Waals surface area (Å²) in [5.41, 5.74) is 1.29. The lowest BCUT2D eigenvalue weighted by Gasteiger charge is -2.28. The minimum Gasteiger partial charge on any atom is -0.310 e. The second kappa shape index (κ2) is 6.93. The van der Waals surface area contributed by atoms with E-state index in [2.05, 4.69) is 40.3 Å². The topological polar surface area (TPSA) is 12.0 Å². The molecule has 0 radical (unpaired) electrons. The smallest absolute Gasteiger partial charge is 0.0548 e. The second-order valence-corrected chi connectivity index (χ2v) is 6.58. The summed E-state index contributed by atoms with van der Waals surface area (Å²) in [5.74, 6) is 0.856. The number of rotatable bonds is 4. The normalized spacial score (nSPS) is 18.8. The van der Waals surface area contributed by atoms with Crippen LogP contribution in [0.25, 0.3) is 0 Å². The highest BCUT2D eigenvalue weighted by atomic mass is 79.9.